The van der Waals surface area contributed by atoms with Gasteiger partial charge in [-0.25, -0.2) is 21.9 Å². The summed E-state index contributed by atoms with van der Waals surface area (Å²) in [6.45, 7) is -0.0429. The van der Waals surface area contributed by atoms with Gasteiger partial charge < -0.3 is 4.42 Å². The minimum absolute atomic E-state index is 0.0429. The van der Waals surface area contributed by atoms with Crippen molar-refractivity contribution in [1.82, 2.24) is 9.62 Å². The third-order valence-corrected chi connectivity index (χ3v) is 4.58. The number of halogens is 2. The van der Waals surface area contributed by atoms with Gasteiger partial charge in [-0.15, -0.1) is 0 Å². The number of benzene rings is 1. The second kappa shape index (κ2) is 6.55. The van der Waals surface area contributed by atoms with Crippen LogP contribution in [0.4, 0.5) is 8.78 Å². The van der Waals surface area contributed by atoms with Gasteiger partial charge in [-0.05, 0) is 44.4 Å². The van der Waals surface area contributed by atoms with Crippen molar-refractivity contribution in [3.05, 3.63) is 54.0 Å². The molecule has 1 aromatic carbocycles. The predicted octanol–water partition coefficient (Wildman–Crippen LogP) is 2.14. The molecule has 0 fully saturated rings. The van der Waals surface area contributed by atoms with Crippen molar-refractivity contribution in [2.24, 2.45) is 0 Å². The van der Waals surface area contributed by atoms with Crippen LogP contribution >= 0.6 is 0 Å². The summed E-state index contributed by atoms with van der Waals surface area (Å²) in [5.74, 6) is -1.27. The van der Waals surface area contributed by atoms with Crippen LogP contribution < -0.4 is 4.72 Å². The van der Waals surface area contributed by atoms with Crippen LogP contribution in [0.5, 0.6) is 0 Å². The van der Waals surface area contributed by atoms with Crippen LogP contribution in [0.3, 0.4) is 0 Å². The summed E-state index contributed by atoms with van der Waals surface area (Å²) < 4.78 is 58.6. The molecule has 8 heteroatoms. The van der Waals surface area contributed by atoms with Gasteiger partial charge in [0.2, 0.25) is 10.0 Å². The smallest absolute Gasteiger partial charge is 0.243 e. The zero-order valence-corrected chi connectivity index (χ0v) is 12.9. The second-order valence-electron chi connectivity index (χ2n) is 4.92. The van der Waals surface area contributed by atoms with Crippen LogP contribution in [0, 0.1) is 11.6 Å². The fourth-order valence-electron chi connectivity index (χ4n) is 1.97. The Morgan fingerprint density at radius 2 is 2.00 bits per heavy atom. The Labute approximate surface area is 127 Å². The highest BCUT2D eigenvalue weighted by atomic mass is 32.2. The van der Waals surface area contributed by atoms with Crippen LogP contribution in [0.15, 0.2) is 45.9 Å². The molecule has 2 rings (SSSR count). The molecule has 0 aliphatic heterocycles. The Hall–Kier alpha value is -1.77. The molecule has 0 aliphatic carbocycles. The fourth-order valence-corrected chi connectivity index (χ4v) is 3.09. The first-order valence-corrected chi connectivity index (χ1v) is 7.94. The molecule has 5 nitrogen and oxygen atoms in total. The lowest BCUT2D eigenvalue weighted by Crippen LogP contribution is -2.34. The normalized spacial score (nSPS) is 13.5. The van der Waals surface area contributed by atoms with Gasteiger partial charge in [0, 0.05) is 6.54 Å². The van der Waals surface area contributed by atoms with Crippen molar-refractivity contribution in [3.8, 4) is 0 Å². The molecule has 22 heavy (non-hydrogen) atoms. The number of nitrogens with one attached hydrogen (secondary N) is 1. The molecule has 0 saturated carbocycles. The van der Waals surface area contributed by atoms with Gasteiger partial charge in [-0.3, -0.25) is 4.90 Å². The van der Waals surface area contributed by atoms with E-state index in [1.807, 2.05) is 0 Å². The standard InChI is InChI=1S/C14H16F2N2O3S/c1-18(2)12(13-4-3-7-21-13)9-17-22(19,20)14-8-10(15)5-6-11(14)16/h3-8,12,17H,9H2,1-2H3/t12-/m1/s1. The molecule has 1 heterocycles. The average Bonchev–Trinajstić information content (AvgIpc) is 2.95. The molecular weight excluding hydrogens is 314 g/mol. The van der Waals surface area contributed by atoms with Gasteiger partial charge in [0.25, 0.3) is 0 Å². The third-order valence-electron chi connectivity index (χ3n) is 3.14. The van der Waals surface area contributed by atoms with E-state index in [0.717, 1.165) is 12.1 Å². The monoisotopic (exact) mass is 330 g/mol. The summed E-state index contributed by atoms with van der Waals surface area (Å²) in [6.07, 6.45) is 1.48. The van der Waals surface area contributed by atoms with E-state index in [0.29, 0.717) is 11.8 Å². The van der Waals surface area contributed by atoms with Crippen LogP contribution in [0.1, 0.15) is 11.8 Å². The van der Waals surface area contributed by atoms with Gasteiger partial charge in [-0.2, -0.15) is 0 Å². The maximum Gasteiger partial charge on any atom is 0.243 e. The van der Waals surface area contributed by atoms with E-state index < -0.39 is 26.6 Å². The van der Waals surface area contributed by atoms with Gasteiger partial charge in [-0.1, -0.05) is 0 Å². The largest absolute Gasteiger partial charge is 0.468 e. The zero-order chi connectivity index (χ0) is 16.3. The van der Waals surface area contributed by atoms with Crippen LogP contribution in [-0.4, -0.2) is 34.0 Å². The molecule has 1 aromatic heterocycles. The van der Waals surface area contributed by atoms with E-state index in [1.54, 1.807) is 31.1 Å². The lowest BCUT2D eigenvalue weighted by atomic mass is 10.2. The maximum absolute atomic E-state index is 13.6. The number of sulfonamides is 1. The molecule has 1 atom stereocenters. The molecule has 0 amide bonds. The quantitative estimate of drug-likeness (QED) is 0.881. The Morgan fingerprint density at radius 3 is 2.59 bits per heavy atom. The number of likely N-dealkylation sites (N-methyl/N-ethyl adjacent to an activating group) is 1. The number of nitrogens with zero attached hydrogens (tertiary/aromatic N) is 1. The molecule has 2 aromatic rings. The van der Waals surface area contributed by atoms with Gasteiger partial charge in [0.1, 0.15) is 22.3 Å². The topological polar surface area (TPSA) is 62.6 Å². The van der Waals surface area contributed by atoms with Crippen molar-refractivity contribution in [2.75, 3.05) is 20.6 Å². The van der Waals surface area contributed by atoms with E-state index in [1.165, 1.54) is 6.26 Å². The number of hydrogen-bond donors (Lipinski definition) is 1. The fraction of sp³-hybridized carbons (Fsp3) is 0.286. The average molecular weight is 330 g/mol. The van der Waals surface area contributed by atoms with Gasteiger partial charge in [0.05, 0.1) is 12.3 Å². The minimum Gasteiger partial charge on any atom is -0.468 e. The number of rotatable bonds is 6. The van der Waals surface area contributed by atoms with Crippen LogP contribution in [0.25, 0.3) is 0 Å². The first-order valence-electron chi connectivity index (χ1n) is 6.46. The molecule has 1 N–H and O–H groups in total. The van der Waals surface area contributed by atoms with Crippen molar-refractivity contribution < 1.29 is 21.6 Å². The second-order valence-corrected chi connectivity index (χ2v) is 6.66. The zero-order valence-electron chi connectivity index (χ0n) is 12.1. The molecule has 0 spiro atoms. The lowest BCUT2D eigenvalue weighted by molar-refractivity contribution is 0.259. The third kappa shape index (κ3) is 3.70. The van der Waals surface area contributed by atoms with E-state index in [4.69, 9.17) is 4.42 Å². The molecule has 0 saturated heterocycles. The highest BCUT2D eigenvalue weighted by molar-refractivity contribution is 7.89. The minimum atomic E-state index is -4.17. The molecule has 0 unspecified atom stereocenters. The van der Waals surface area contributed by atoms with Crippen molar-refractivity contribution in [3.63, 3.8) is 0 Å². The van der Waals surface area contributed by atoms with Gasteiger partial charge >= 0.3 is 0 Å². The predicted molar refractivity (Wildman–Crippen MR) is 76.7 cm³/mol. The van der Waals surface area contributed by atoms with E-state index >= 15 is 0 Å². The maximum atomic E-state index is 13.6. The Bertz CT molecular complexity index is 731. The van der Waals surface area contributed by atoms with Crippen molar-refractivity contribution in [2.45, 2.75) is 10.9 Å². The lowest BCUT2D eigenvalue weighted by Gasteiger charge is -2.22. The molecule has 0 radical (unpaired) electrons. The molecule has 0 bridgehead atoms. The highest BCUT2D eigenvalue weighted by Gasteiger charge is 2.24. The summed E-state index contributed by atoms with van der Waals surface area (Å²) in [5, 5.41) is 0. The first kappa shape index (κ1) is 16.6. The summed E-state index contributed by atoms with van der Waals surface area (Å²) in [6, 6.07) is 5.31. The summed E-state index contributed by atoms with van der Waals surface area (Å²) in [4.78, 5) is 1.04. The molecule has 120 valence electrons. The summed E-state index contributed by atoms with van der Waals surface area (Å²) >= 11 is 0. The van der Waals surface area contributed by atoms with Crippen LogP contribution in [0.2, 0.25) is 0 Å². The SMILES string of the molecule is CN(C)[C@H](CNS(=O)(=O)c1cc(F)ccc1F)c1ccco1. The number of hydrogen-bond acceptors (Lipinski definition) is 4. The van der Waals surface area contributed by atoms with E-state index in [-0.39, 0.29) is 12.6 Å². The summed E-state index contributed by atoms with van der Waals surface area (Å²) in [7, 11) is -0.658. The van der Waals surface area contributed by atoms with E-state index in [9.17, 15) is 17.2 Å². The van der Waals surface area contributed by atoms with Crippen molar-refractivity contribution in [1.29, 1.82) is 0 Å². The highest BCUT2D eigenvalue weighted by Crippen LogP contribution is 2.20. The molecule has 0 aliphatic rings. The first-order chi connectivity index (χ1) is 10.3. The van der Waals surface area contributed by atoms with E-state index in [2.05, 4.69) is 4.72 Å². The van der Waals surface area contributed by atoms with Crippen molar-refractivity contribution >= 4 is 10.0 Å². The van der Waals surface area contributed by atoms with Crippen LogP contribution in [-0.2, 0) is 10.0 Å². The number of furan rings is 1. The Kier molecular flexibility index (Phi) is 4.94. The Morgan fingerprint density at radius 1 is 1.27 bits per heavy atom. The Balaban J connectivity index is 2.20. The molecular formula is C14H16F2N2O3S. The van der Waals surface area contributed by atoms with Gasteiger partial charge in [0.15, 0.2) is 0 Å². The summed E-state index contributed by atoms with van der Waals surface area (Å²) in [5.41, 5.74) is 0.